The number of hydrogen-bond donors (Lipinski definition) is 0. The first kappa shape index (κ1) is 15.8. The van der Waals surface area contributed by atoms with Crippen molar-refractivity contribution in [1.29, 1.82) is 0 Å². The van der Waals surface area contributed by atoms with Crippen molar-refractivity contribution < 1.29 is 9.26 Å². The van der Waals surface area contributed by atoms with Crippen molar-refractivity contribution in [2.45, 2.75) is 50.6 Å². The van der Waals surface area contributed by atoms with Crippen LogP contribution in [0.15, 0.2) is 34.9 Å². The first-order chi connectivity index (χ1) is 11.9. The minimum absolute atomic E-state index is 0.623. The van der Waals surface area contributed by atoms with Gasteiger partial charge in [0.2, 0.25) is 0 Å². The standard InChI is InChI=1S/C19H25N3O2/c1-2-5-15(6-3-1)19-20-18(21-24-19)9-8-16-7-4-12-22(16)17-10-13-23-14-11-17/h1-3,5-6,16-17H,4,7-14H2. The maximum Gasteiger partial charge on any atom is 0.257 e. The maximum atomic E-state index is 5.51. The highest BCUT2D eigenvalue weighted by atomic mass is 16.5. The van der Waals surface area contributed by atoms with Crippen LogP contribution in [0.4, 0.5) is 0 Å². The molecular formula is C19H25N3O2. The van der Waals surface area contributed by atoms with Crippen molar-refractivity contribution in [3.05, 3.63) is 36.2 Å². The molecule has 128 valence electrons. The van der Waals surface area contributed by atoms with E-state index in [9.17, 15) is 0 Å². The summed E-state index contributed by atoms with van der Waals surface area (Å²) >= 11 is 0. The van der Waals surface area contributed by atoms with Gasteiger partial charge in [0.1, 0.15) is 0 Å². The molecule has 24 heavy (non-hydrogen) atoms. The van der Waals surface area contributed by atoms with Crippen LogP contribution >= 0.6 is 0 Å². The Bertz CT molecular complexity index is 637. The van der Waals surface area contributed by atoms with Crippen LogP contribution in [0.2, 0.25) is 0 Å². The fourth-order valence-corrected chi connectivity index (χ4v) is 4.01. The number of benzene rings is 1. The molecule has 2 aliphatic heterocycles. The van der Waals surface area contributed by atoms with Crippen LogP contribution in [-0.2, 0) is 11.2 Å². The number of likely N-dealkylation sites (tertiary alicyclic amines) is 1. The van der Waals surface area contributed by atoms with Gasteiger partial charge < -0.3 is 9.26 Å². The summed E-state index contributed by atoms with van der Waals surface area (Å²) in [5, 5.41) is 4.17. The van der Waals surface area contributed by atoms with Crippen molar-refractivity contribution >= 4 is 0 Å². The van der Waals surface area contributed by atoms with Gasteiger partial charge in [0.05, 0.1) is 0 Å². The van der Waals surface area contributed by atoms with Gasteiger partial charge in [0.15, 0.2) is 5.82 Å². The number of rotatable bonds is 5. The summed E-state index contributed by atoms with van der Waals surface area (Å²) in [6.45, 7) is 3.06. The van der Waals surface area contributed by atoms with Gasteiger partial charge in [0.25, 0.3) is 5.89 Å². The Morgan fingerprint density at radius 2 is 1.92 bits per heavy atom. The van der Waals surface area contributed by atoms with Crippen LogP contribution in [0.25, 0.3) is 11.5 Å². The Balaban J connectivity index is 1.35. The minimum Gasteiger partial charge on any atom is -0.381 e. The second-order valence-corrected chi connectivity index (χ2v) is 6.80. The molecule has 5 heteroatoms. The number of nitrogens with zero attached hydrogens (tertiary/aromatic N) is 3. The number of ether oxygens (including phenoxy) is 1. The zero-order valence-electron chi connectivity index (χ0n) is 14.1. The van der Waals surface area contributed by atoms with Gasteiger partial charge >= 0.3 is 0 Å². The zero-order chi connectivity index (χ0) is 16.2. The fourth-order valence-electron chi connectivity index (χ4n) is 4.01. The third kappa shape index (κ3) is 3.52. The van der Waals surface area contributed by atoms with E-state index >= 15 is 0 Å². The predicted octanol–water partition coefficient (Wildman–Crippen LogP) is 3.31. The van der Waals surface area contributed by atoms with Crippen molar-refractivity contribution in [3.8, 4) is 11.5 Å². The molecular weight excluding hydrogens is 302 g/mol. The monoisotopic (exact) mass is 327 g/mol. The second kappa shape index (κ2) is 7.45. The molecule has 2 saturated heterocycles. The fraction of sp³-hybridized carbons (Fsp3) is 0.579. The van der Waals surface area contributed by atoms with Crippen LogP contribution < -0.4 is 0 Å². The Labute approximate surface area is 143 Å². The van der Waals surface area contributed by atoms with Crippen LogP contribution in [0.5, 0.6) is 0 Å². The molecule has 2 aliphatic rings. The Morgan fingerprint density at radius 3 is 2.75 bits per heavy atom. The average Bonchev–Trinajstić information content (AvgIpc) is 3.31. The molecule has 0 radical (unpaired) electrons. The maximum absolute atomic E-state index is 5.51. The molecule has 3 heterocycles. The van der Waals surface area contributed by atoms with Crippen molar-refractivity contribution in [2.24, 2.45) is 0 Å². The third-order valence-corrected chi connectivity index (χ3v) is 5.27. The van der Waals surface area contributed by atoms with Gasteiger partial charge in [-0.2, -0.15) is 4.98 Å². The molecule has 4 rings (SSSR count). The van der Waals surface area contributed by atoms with Gasteiger partial charge in [-0.15, -0.1) is 0 Å². The Hall–Kier alpha value is -1.72. The zero-order valence-corrected chi connectivity index (χ0v) is 14.1. The molecule has 0 N–H and O–H groups in total. The molecule has 2 aromatic rings. The molecule has 2 fully saturated rings. The van der Waals surface area contributed by atoms with E-state index in [1.807, 2.05) is 30.3 Å². The third-order valence-electron chi connectivity index (χ3n) is 5.27. The van der Waals surface area contributed by atoms with E-state index < -0.39 is 0 Å². The smallest absolute Gasteiger partial charge is 0.257 e. The molecule has 1 unspecified atom stereocenters. The Morgan fingerprint density at radius 1 is 1.08 bits per heavy atom. The normalized spacial score (nSPS) is 22.9. The predicted molar refractivity (Wildman–Crippen MR) is 91.6 cm³/mol. The summed E-state index contributed by atoms with van der Waals surface area (Å²) in [6, 6.07) is 11.3. The SMILES string of the molecule is c1ccc(-c2nc(CCC3CCCN3C3CCOCC3)no2)cc1. The van der Waals surface area contributed by atoms with Gasteiger partial charge in [-0.05, 0) is 50.8 Å². The molecule has 1 aromatic carbocycles. The van der Waals surface area contributed by atoms with Crippen molar-refractivity contribution in [1.82, 2.24) is 15.0 Å². The summed E-state index contributed by atoms with van der Waals surface area (Å²) in [7, 11) is 0. The molecule has 1 aromatic heterocycles. The van der Waals surface area contributed by atoms with Crippen LogP contribution in [0.3, 0.4) is 0 Å². The minimum atomic E-state index is 0.623. The van der Waals surface area contributed by atoms with E-state index in [-0.39, 0.29) is 0 Å². The summed E-state index contributed by atoms with van der Waals surface area (Å²) in [5.41, 5.74) is 0.987. The first-order valence-electron chi connectivity index (χ1n) is 9.11. The van der Waals surface area contributed by atoms with E-state index in [1.54, 1.807) is 0 Å². The number of aryl methyl sites for hydroxylation is 1. The van der Waals surface area contributed by atoms with Gasteiger partial charge in [-0.3, -0.25) is 4.90 Å². The Kier molecular flexibility index (Phi) is 4.90. The highest BCUT2D eigenvalue weighted by molar-refractivity contribution is 5.51. The van der Waals surface area contributed by atoms with Gasteiger partial charge in [0, 0.05) is 37.3 Å². The van der Waals surface area contributed by atoms with Crippen LogP contribution in [0, 0.1) is 0 Å². The lowest BCUT2D eigenvalue weighted by Gasteiger charge is -2.35. The van der Waals surface area contributed by atoms with Gasteiger partial charge in [-0.1, -0.05) is 23.4 Å². The lowest BCUT2D eigenvalue weighted by Crippen LogP contribution is -2.42. The number of hydrogen-bond acceptors (Lipinski definition) is 5. The van der Waals surface area contributed by atoms with Crippen molar-refractivity contribution in [3.63, 3.8) is 0 Å². The highest BCUT2D eigenvalue weighted by Crippen LogP contribution is 2.28. The summed E-state index contributed by atoms with van der Waals surface area (Å²) in [4.78, 5) is 7.27. The lowest BCUT2D eigenvalue weighted by molar-refractivity contribution is 0.0281. The first-order valence-corrected chi connectivity index (χ1v) is 9.11. The molecule has 0 saturated carbocycles. The summed E-state index contributed by atoms with van der Waals surface area (Å²) in [5.74, 6) is 1.45. The van der Waals surface area contributed by atoms with Crippen molar-refractivity contribution in [2.75, 3.05) is 19.8 Å². The average molecular weight is 327 g/mol. The van der Waals surface area contributed by atoms with Gasteiger partial charge in [-0.25, -0.2) is 0 Å². The molecule has 0 amide bonds. The molecule has 1 atom stereocenters. The summed E-state index contributed by atoms with van der Waals surface area (Å²) in [6.07, 6.45) is 6.96. The largest absolute Gasteiger partial charge is 0.381 e. The van der Waals surface area contributed by atoms with E-state index in [2.05, 4.69) is 15.0 Å². The molecule has 0 spiro atoms. The molecule has 5 nitrogen and oxygen atoms in total. The topological polar surface area (TPSA) is 51.4 Å². The van der Waals surface area contributed by atoms with E-state index in [4.69, 9.17) is 9.26 Å². The van der Waals surface area contributed by atoms with E-state index in [1.165, 1.54) is 32.2 Å². The van der Waals surface area contributed by atoms with Crippen LogP contribution in [-0.4, -0.2) is 46.9 Å². The highest BCUT2D eigenvalue weighted by Gasteiger charge is 2.31. The van der Waals surface area contributed by atoms with E-state index in [0.29, 0.717) is 18.0 Å². The summed E-state index contributed by atoms with van der Waals surface area (Å²) < 4.78 is 10.9. The molecule has 0 aliphatic carbocycles. The second-order valence-electron chi connectivity index (χ2n) is 6.80. The molecule has 0 bridgehead atoms. The van der Waals surface area contributed by atoms with E-state index in [0.717, 1.165) is 37.4 Å². The lowest BCUT2D eigenvalue weighted by atomic mass is 10.0. The number of aromatic nitrogens is 2. The van der Waals surface area contributed by atoms with Crippen LogP contribution in [0.1, 0.15) is 37.9 Å². The quantitative estimate of drug-likeness (QED) is 0.843.